The summed E-state index contributed by atoms with van der Waals surface area (Å²) in [6.45, 7) is 3.23. The van der Waals surface area contributed by atoms with E-state index < -0.39 is 15.3 Å². The van der Waals surface area contributed by atoms with Crippen molar-refractivity contribution in [2.45, 2.75) is 19.1 Å². The molecule has 0 saturated heterocycles. The fraction of sp³-hybridized carbons (Fsp3) is 0.500. The lowest BCUT2D eigenvalue weighted by atomic mass is 10.6. The summed E-state index contributed by atoms with van der Waals surface area (Å²) < 4.78 is 24.9. The summed E-state index contributed by atoms with van der Waals surface area (Å²) in [6, 6.07) is 0. The van der Waals surface area contributed by atoms with Crippen LogP contribution in [0.2, 0.25) is 0 Å². The first-order valence-electron chi connectivity index (χ1n) is 3.53. The highest BCUT2D eigenvalue weighted by Crippen LogP contribution is 2.08. The Balaban J connectivity index is 2.77. The highest BCUT2D eigenvalue weighted by atomic mass is 32.2. The fourth-order valence-electron chi connectivity index (χ4n) is 0.589. The van der Waals surface area contributed by atoms with Crippen LogP contribution in [0.5, 0.6) is 0 Å². The van der Waals surface area contributed by atoms with Crippen LogP contribution in [0.4, 0.5) is 5.69 Å². The van der Waals surface area contributed by atoms with Crippen molar-refractivity contribution in [3.63, 3.8) is 0 Å². The second-order valence-corrected chi connectivity index (χ2v) is 4.92. The first kappa shape index (κ1) is 9.05. The van der Waals surface area contributed by atoms with Crippen molar-refractivity contribution in [1.82, 2.24) is 10.2 Å². The van der Waals surface area contributed by atoms with Crippen LogP contribution in [0.3, 0.4) is 0 Å². The average molecular weight is 189 g/mol. The number of rotatable bonds is 3. The van der Waals surface area contributed by atoms with Crippen LogP contribution in [0.15, 0.2) is 12.4 Å². The molecule has 0 aliphatic rings. The zero-order chi connectivity index (χ0) is 9.19. The maximum Gasteiger partial charge on any atom is 0.235 e. The normalized spacial score (nSPS) is 11.9. The number of aromatic nitrogens is 2. The maximum absolute atomic E-state index is 11.2. The van der Waals surface area contributed by atoms with Crippen LogP contribution in [-0.2, 0) is 10.0 Å². The molecule has 5 nitrogen and oxygen atoms in total. The third-order valence-electron chi connectivity index (χ3n) is 1.38. The molecule has 0 aliphatic heterocycles. The molecule has 0 unspecified atom stereocenters. The predicted molar refractivity (Wildman–Crippen MR) is 46.3 cm³/mol. The average Bonchev–Trinajstić information content (AvgIpc) is 2.38. The minimum absolute atomic E-state index is 0.438. The van der Waals surface area contributed by atoms with Crippen LogP contribution in [0.25, 0.3) is 0 Å². The molecule has 2 N–H and O–H groups in total. The molecule has 1 aromatic rings. The topological polar surface area (TPSA) is 74.8 Å². The first-order valence-corrected chi connectivity index (χ1v) is 5.07. The van der Waals surface area contributed by atoms with Gasteiger partial charge in [0.1, 0.15) is 0 Å². The van der Waals surface area contributed by atoms with Gasteiger partial charge in [-0.1, -0.05) is 0 Å². The van der Waals surface area contributed by atoms with Gasteiger partial charge in [-0.15, -0.1) is 0 Å². The van der Waals surface area contributed by atoms with E-state index in [2.05, 4.69) is 14.9 Å². The zero-order valence-electron chi connectivity index (χ0n) is 6.90. The van der Waals surface area contributed by atoms with E-state index in [1.54, 1.807) is 13.8 Å². The summed E-state index contributed by atoms with van der Waals surface area (Å²) in [5, 5.41) is 5.69. The molecule has 0 spiro atoms. The van der Waals surface area contributed by atoms with E-state index in [9.17, 15) is 8.42 Å². The van der Waals surface area contributed by atoms with E-state index in [0.29, 0.717) is 5.69 Å². The Morgan fingerprint density at radius 3 is 2.67 bits per heavy atom. The zero-order valence-corrected chi connectivity index (χ0v) is 7.72. The monoisotopic (exact) mass is 189 g/mol. The molecule has 0 atom stereocenters. The number of hydrogen-bond acceptors (Lipinski definition) is 3. The van der Waals surface area contributed by atoms with Gasteiger partial charge in [0.2, 0.25) is 10.0 Å². The Hall–Kier alpha value is -1.04. The van der Waals surface area contributed by atoms with Crippen molar-refractivity contribution in [3.8, 4) is 0 Å². The van der Waals surface area contributed by atoms with Crippen molar-refractivity contribution < 1.29 is 8.42 Å². The summed E-state index contributed by atoms with van der Waals surface area (Å²) in [6.07, 6.45) is 2.90. The Labute approximate surface area is 71.2 Å². The second-order valence-electron chi connectivity index (χ2n) is 2.68. The summed E-state index contributed by atoms with van der Waals surface area (Å²) in [4.78, 5) is 0. The van der Waals surface area contributed by atoms with Crippen LogP contribution < -0.4 is 4.72 Å². The summed E-state index contributed by atoms with van der Waals surface area (Å²) >= 11 is 0. The van der Waals surface area contributed by atoms with Gasteiger partial charge in [0.05, 0.1) is 17.1 Å². The molecule has 1 heterocycles. The van der Waals surface area contributed by atoms with Crippen molar-refractivity contribution in [3.05, 3.63) is 12.4 Å². The minimum atomic E-state index is -3.23. The SMILES string of the molecule is CC(C)S(=O)(=O)Nc1cn[nH]c1. The number of anilines is 1. The van der Waals surface area contributed by atoms with Gasteiger partial charge < -0.3 is 0 Å². The van der Waals surface area contributed by atoms with Gasteiger partial charge in [-0.2, -0.15) is 5.10 Å². The molecule has 0 radical (unpaired) electrons. The van der Waals surface area contributed by atoms with Gasteiger partial charge in [-0.25, -0.2) is 8.42 Å². The molecule has 0 amide bonds. The molecular weight excluding hydrogens is 178 g/mol. The van der Waals surface area contributed by atoms with Crippen LogP contribution in [0, 0.1) is 0 Å². The third-order valence-corrected chi connectivity index (χ3v) is 3.14. The molecule has 68 valence electrons. The number of aromatic amines is 1. The lowest BCUT2D eigenvalue weighted by Gasteiger charge is -2.07. The molecule has 1 rings (SSSR count). The van der Waals surface area contributed by atoms with E-state index >= 15 is 0 Å². The Bertz CT molecular complexity index is 328. The van der Waals surface area contributed by atoms with E-state index in [0.717, 1.165) is 0 Å². The van der Waals surface area contributed by atoms with Gasteiger partial charge in [-0.3, -0.25) is 9.82 Å². The Kier molecular flexibility index (Phi) is 2.37. The van der Waals surface area contributed by atoms with E-state index in [4.69, 9.17) is 0 Å². The predicted octanol–water partition coefficient (Wildman–Crippen LogP) is 0.560. The number of H-pyrrole nitrogens is 1. The molecular formula is C6H11N3O2S. The van der Waals surface area contributed by atoms with Gasteiger partial charge >= 0.3 is 0 Å². The molecule has 0 aromatic carbocycles. The molecule has 0 fully saturated rings. The lowest BCUT2D eigenvalue weighted by molar-refractivity contribution is 0.593. The smallest absolute Gasteiger partial charge is 0.235 e. The molecule has 12 heavy (non-hydrogen) atoms. The number of nitrogens with one attached hydrogen (secondary N) is 2. The standard InChI is InChI=1S/C6H11N3O2S/c1-5(2)12(10,11)9-6-3-7-8-4-6/h3-5,9H,1-2H3,(H,7,8). The van der Waals surface area contributed by atoms with E-state index in [1.807, 2.05) is 0 Å². The largest absolute Gasteiger partial charge is 0.284 e. The summed E-state index contributed by atoms with van der Waals surface area (Å²) in [5.74, 6) is 0. The van der Waals surface area contributed by atoms with Crippen molar-refractivity contribution >= 4 is 15.7 Å². The van der Waals surface area contributed by atoms with Gasteiger partial charge in [-0.05, 0) is 13.8 Å². The maximum atomic E-state index is 11.2. The van der Waals surface area contributed by atoms with Gasteiger partial charge in [0.15, 0.2) is 0 Å². The summed E-state index contributed by atoms with van der Waals surface area (Å²) in [7, 11) is -3.23. The van der Waals surface area contributed by atoms with E-state index in [-0.39, 0.29) is 0 Å². The number of nitrogens with zero attached hydrogens (tertiary/aromatic N) is 1. The van der Waals surface area contributed by atoms with Crippen LogP contribution in [0.1, 0.15) is 13.8 Å². The van der Waals surface area contributed by atoms with Crippen LogP contribution >= 0.6 is 0 Å². The third kappa shape index (κ3) is 1.97. The minimum Gasteiger partial charge on any atom is -0.284 e. The van der Waals surface area contributed by atoms with Gasteiger partial charge in [0, 0.05) is 6.20 Å². The number of sulfonamides is 1. The highest BCUT2D eigenvalue weighted by Gasteiger charge is 2.15. The molecule has 6 heteroatoms. The quantitative estimate of drug-likeness (QED) is 0.729. The highest BCUT2D eigenvalue weighted by molar-refractivity contribution is 7.93. The number of hydrogen-bond donors (Lipinski definition) is 2. The first-order chi connectivity index (χ1) is 5.52. The molecule has 1 aromatic heterocycles. The second kappa shape index (κ2) is 3.14. The molecule has 0 saturated carbocycles. The van der Waals surface area contributed by atoms with Gasteiger partial charge in [0.25, 0.3) is 0 Å². The van der Waals surface area contributed by atoms with Crippen molar-refractivity contribution in [1.29, 1.82) is 0 Å². The lowest BCUT2D eigenvalue weighted by Crippen LogP contribution is -2.22. The fourth-order valence-corrected chi connectivity index (χ4v) is 1.26. The Morgan fingerprint density at radius 1 is 1.58 bits per heavy atom. The van der Waals surface area contributed by atoms with Crippen molar-refractivity contribution in [2.24, 2.45) is 0 Å². The van der Waals surface area contributed by atoms with E-state index in [1.165, 1.54) is 12.4 Å². The Morgan fingerprint density at radius 2 is 2.25 bits per heavy atom. The van der Waals surface area contributed by atoms with Crippen LogP contribution in [-0.4, -0.2) is 23.9 Å². The van der Waals surface area contributed by atoms with Crippen molar-refractivity contribution in [2.75, 3.05) is 4.72 Å². The molecule has 0 bridgehead atoms. The molecule has 0 aliphatic carbocycles. The summed E-state index contributed by atoms with van der Waals surface area (Å²) in [5.41, 5.74) is 0.462.